The van der Waals surface area contributed by atoms with Gasteiger partial charge in [-0.1, -0.05) is 31.4 Å². The van der Waals surface area contributed by atoms with E-state index >= 15 is 0 Å². The maximum absolute atomic E-state index is 12.8. The Bertz CT molecular complexity index is 641. The van der Waals surface area contributed by atoms with Crippen molar-refractivity contribution in [3.05, 3.63) is 59.9 Å². The number of nitrogens with one attached hydrogen (secondary N) is 1. The second kappa shape index (κ2) is 10.3. The molecule has 4 nitrogen and oxygen atoms in total. The van der Waals surface area contributed by atoms with Gasteiger partial charge in [-0.25, -0.2) is 9.18 Å². The highest BCUT2D eigenvalue weighted by atomic mass is 19.1. The van der Waals surface area contributed by atoms with Crippen molar-refractivity contribution in [3.63, 3.8) is 0 Å². The molecular weight excluding hydrogens is 321 g/mol. The van der Waals surface area contributed by atoms with E-state index in [0.717, 1.165) is 38.5 Å². The summed E-state index contributed by atoms with van der Waals surface area (Å²) in [6.07, 6.45) is 5.49. The molecule has 0 radical (unpaired) electrons. The summed E-state index contributed by atoms with van der Waals surface area (Å²) >= 11 is 0. The molecule has 0 saturated heterocycles. The Labute approximate surface area is 147 Å². The smallest absolute Gasteiger partial charge is 0.409 e. The normalized spacial score (nSPS) is 10.4. The molecule has 0 fully saturated rings. The molecule has 0 heterocycles. The molecule has 2 rings (SSSR count). The van der Waals surface area contributed by atoms with E-state index in [-0.39, 0.29) is 5.82 Å². The number of halogens is 1. The fraction of sp³-hybridized carbons (Fsp3) is 0.350. The molecule has 0 aromatic heterocycles. The van der Waals surface area contributed by atoms with Gasteiger partial charge in [-0.05, 0) is 61.2 Å². The van der Waals surface area contributed by atoms with Crippen LogP contribution >= 0.6 is 0 Å². The second-order valence-corrected chi connectivity index (χ2v) is 5.95. The number of hydrogen-bond donors (Lipinski definition) is 2. The Balaban J connectivity index is 1.50. The largest absolute Gasteiger partial charge is 0.494 e. The van der Waals surface area contributed by atoms with Gasteiger partial charge in [0, 0.05) is 5.69 Å². The number of hydrogen-bond acceptors (Lipinski definition) is 2. The maximum atomic E-state index is 12.8. The molecule has 2 aromatic carbocycles. The van der Waals surface area contributed by atoms with Gasteiger partial charge in [-0.15, -0.1) is 0 Å². The fourth-order valence-electron chi connectivity index (χ4n) is 2.56. The standard InChI is InChI=1S/C20H24FNO3/c21-17-9-13-19(14-10-17)25-15-5-3-1-2-4-6-16-7-11-18(12-8-16)22-20(23)24/h7-14,22H,1-6,15H2,(H,23,24). The van der Waals surface area contributed by atoms with Gasteiger partial charge in [0.25, 0.3) is 0 Å². The summed E-state index contributed by atoms with van der Waals surface area (Å²) in [5, 5.41) is 11.0. The molecule has 1 amide bonds. The monoisotopic (exact) mass is 345 g/mol. The highest BCUT2D eigenvalue weighted by Gasteiger charge is 1.99. The zero-order valence-corrected chi connectivity index (χ0v) is 14.2. The molecule has 0 atom stereocenters. The topological polar surface area (TPSA) is 58.6 Å². The third kappa shape index (κ3) is 7.70. The van der Waals surface area contributed by atoms with Gasteiger partial charge in [-0.2, -0.15) is 0 Å². The summed E-state index contributed by atoms with van der Waals surface area (Å²) in [5.41, 5.74) is 1.81. The van der Waals surface area contributed by atoms with Crippen LogP contribution in [0, 0.1) is 5.82 Å². The zero-order valence-electron chi connectivity index (χ0n) is 14.2. The third-order valence-electron chi connectivity index (χ3n) is 3.90. The molecule has 134 valence electrons. The number of anilines is 1. The zero-order chi connectivity index (χ0) is 17.9. The Kier molecular flexibility index (Phi) is 7.76. The number of carboxylic acid groups (broad SMARTS) is 1. The minimum atomic E-state index is -1.05. The van der Waals surface area contributed by atoms with Crippen LogP contribution in [0.4, 0.5) is 14.9 Å². The molecule has 5 heteroatoms. The van der Waals surface area contributed by atoms with E-state index in [9.17, 15) is 9.18 Å². The molecule has 0 unspecified atom stereocenters. The molecular formula is C20H24FNO3. The molecule has 2 aromatic rings. The summed E-state index contributed by atoms with van der Waals surface area (Å²) < 4.78 is 18.3. The summed E-state index contributed by atoms with van der Waals surface area (Å²) in [6.45, 7) is 0.656. The molecule has 2 N–H and O–H groups in total. The predicted octanol–water partition coefficient (Wildman–Crippen LogP) is 5.49. The van der Waals surface area contributed by atoms with Crippen LogP contribution in [0.5, 0.6) is 5.75 Å². The van der Waals surface area contributed by atoms with Crippen molar-refractivity contribution in [2.45, 2.75) is 38.5 Å². The lowest BCUT2D eigenvalue weighted by atomic mass is 10.1. The minimum absolute atomic E-state index is 0.250. The second-order valence-electron chi connectivity index (χ2n) is 5.95. The van der Waals surface area contributed by atoms with E-state index in [2.05, 4.69) is 5.32 Å². The summed E-state index contributed by atoms with van der Waals surface area (Å²) in [7, 11) is 0. The van der Waals surface area contributed by atoms with E-state index in [4.69, 9.17) is 9.84 Å². The van der Waals surface area contributed by atoms with Crippen molar-refractivity contribution in [3.8, 4) is 5.75 Å². The number of aryl methyl sites for hydroxylation is 1. The summed E-state index contributed by atoms with van der Waals surface area (Å²) in [4.78, 5) is 10.5. The lowest BCUT2D eigenvalue weighted by molar-refractivity contribution is 0.209. The van der Waals surface area contributed by atoms with Crippen molar-refractivity contribution in [1.29, 1.82) is 0 Å². The average molecular weight is 345 g/mol. The van der Waals surface area contributed by atoms with Crippen LogP contribution in [0.2, 0.25) is 0 Å². The minimum Gasteiger partial charge on any atom is -0.494 e. The molecule has 25 heavy (non-hydrogen) atoms. The summed E-state index contributed by atoms with van der Waals surface area (Å²) in [5.74, 6) is 0.461. The first-order valence-electron chi connectivity index (χ1n) is 8.61. The van der Waals surface area contributed by atoms with Crippen LogP contribution in [0.25, 0.3) is 0 Å². The van der Waals surface area contributed by atoms with Crippen LogP contribution in [0.15, 0.2) is 48.5 Å². The Morgan fingerprint density at radius 2 is 1.56 bits per heavy atom. The summed E-state index contributed by atoms with van der Waals surface area (Å²) in [6, 6.07) is 13.6. The van der Waals surface area contributed by atoms with Gasteiger partial charge in [0.15, 0.2) is 0 Å². The van der Waals surface area contributed by atoms with E-state index < -0.39 is 6.09 Å². The van der Waals surface area contributed by atoms with Crippen molar-refractivity contribution in [2.24, 2.45) is 0 Å². The predicted molar refractivity (Wildman–Crippen MR) is 96.8 cm³/mol. The lowest BCUT2D eigenvalue weighted by Crippen LogP contribution is -2.06. The lowest BCUT2D eigenvalue weighted by Gasteiger charge is -2.06. The number of benzene rings is 2. The van der Waals surface area contributed by atoms with Crippen molar-refractivity contribution in [1.82, 2.24) is 0 Å². The van der Waals surface area contributed by atoms with E-state index in [1.165, 1.54) is 17.7 Å². The number of amides is 1. The third-order valence-corrected chi connectivity index (χ3v) is 3.90. The first kappa shape index (κ1) is 18.8. The van der Waals surface area contributed by atoms with E-state index in [1.807, 2.05) is 12.1 Å². The van der Waals surface area contributed by atoms with Gasteiger partial charge < -0.3 is 9.84 Å². The number of unbranched alkanes of at least 4 members (excludes halogenated alkanes) is 4. The van der Waals surface area contributed by atoms with Crippen LogP contribution in [-0.4, -0.2) is 17.8 Å². The van der Waals surface area contributed by atoms with Gasteiger partial charge >= 0.3 is 6.09 Å². The highest BCUT2D eigenvalue weighted by Crippen LogP contribution is 2.14. The number of ether oxygens (including phenoxy) is 1. The van der Waals surface area contributed by atoms with E-state index in [1.54, 1.807) is 24.3 Å². The molecule has 0 bridgehead atoms. The van der Waals surface area contributed by atoms with Crippen LogP contribution < -0.4 is 10.1 Å². The van der Waals surface area contributed by atoms with Crippen LogP contribution in [0.1, 0.15) is 37.7 Å². The first-order valence-corrected chi connectivity index (χ1v) is 8.61. The quantitative estimate of drug-likeness (QED) is 0.560. The number of rotatable bonds is 10. The average Bonchev–Trinajstić information content (AvgIpc) is 2.60. The van der Waals surface area contributed by atoms with Gasteiger partial charge in [0.05, 0.1) is 6.61 Å². The SMILES string of the molecule is O=C(O)Nc1ccc(CCCCCCCOc2ccc(F)cc2)cc1. The fourth-order valence-corrected chi connectivity index (χ4v) is 2.56. The highest BCUT2D eigenvalue weighted by molar-refractivity contribution is 5.82. The van der Waals surface area contributed by atoms with Gasteiger partial charge in [0.2, 0.25) is 0 Å². The van der Waals surface area contributed by atoms with Crippen LogP contribution in [-0.2, 0) is 6.42 Å². The first-order chi connectivity index (χ1) is 12.1. The Morgan fingerprint density at radius 3 is 2.24 bits per heavy atom. The molecule has 0 aliphatic heterocycles. The van der Waals surface area contributed by atoms with E-state index in [0.29, 0.717) is 18.0 Å². The Morgan fingerprint density at radius 1 is 0.920 bits per heavy atom. The Hall–Kier alpha value is -2.56. The van der Waals surface area contributed by atoms with Gasteiger partial charge in [-0.3, -0.25) is 5.32 Å². The van der Waals surface area contributed by atoms with Crippen molar-refractivity contribution < 1.29 is 19.0 Å². The van der Waals surface area contributed by atoms with Crippen LogP contribution in [0.3, 0.4) is 0 Å². The molecule has 0 aliphatic carbocycles. The molecule has 0 saturated carbocycles. The molecule has 0 spiro atoms. The van der Waals surface area contributed by atoms with Crippen molar-refractivity contribution >= 4 is 11.8 Å². The number of carbonyl (C=O) groups is 1. The van der Waals surface area contributed by atoms with Gasteiger partial charge in [0.1, 0.15) is 11.6 Å². The molecule has 0 aliphatic rings. The van der Waals surface area contributed by atoms with Crippen molar-refractivity contribution in [2.75, 3.05) is 11.9 Å². The maximum Gasteiger partial charge on any atom is 0.409 e.